The van der Waals surface area contributed by atoms with Gasteiger partial charge < -0.3 is 5.11 Å². The number of hydrogen-bond donors (Lipinski definition) is 1. The number of carboxylic acid groups (broad SMARTS) is 1. The molecule has 1 N–H and O–H groups in total. The van der Waals surface area contributed by atoms with Crippen molar-refractivity contribution in [3.8, 4) is 5.69 Å². The molecular weight excluding hydrogens is 242 g/mol. The zero-order valence-corrected chi connectivity index (χ0v) is 9.37. The number of nitrogens with zero attached hydrogens (tertiary/aromatic N) is 3. The van der Waals surface area contributed by atoms with Crippen molar-refractivity contribution in [1.82, 2.24) is 15.0 Å². The molecule has 0 atom stereocenters. The van der Waals surface area contributed by atoms with Gasteiger partial charge in [-0.15, -0.1) is 5.10 Å². The predicted octanol–water partition coefficient (Wildman–Crippen LogP) is 2.02. The summed E-state index contributed by atoms with van der Waals surface area (Å²) in [5.41, 5.74) is 1.37. The minimum Gasteiger partial charge on any atom is -0.478 e. The van der Waals surface area contributed by atoms with Gasteiger partial charge in [-0.25, -0.2) is 9.48 Å². The fourth-order valence-corrected chi connectivity index (χ4v) is 1.55. The Labute approximate surface area is 102 Å². The molecule has 1 aromatic heterocycles. The second kappa shape index (κ2) is 4.80. The lowest BCUT2D eigenvalue weighted by atomic mass is 10.1. The van der Waals surface area contributed by atoms with Gasteiger partial charge in [-0.2, -0.15) is 0 Å². The summed E-state index contributed by atoms with van der Waals surface area (Å²) in [6.07, 6.45) is 5.72. The highest BCUT2D eigenvalue weighted by atomic mass is 35.5. The van der Waals surface area contributed by atoms with E-state index in [1.54, 1.807) is 30.6 Å². The molecular formula is C11H8ClN3O2. The van der Waals surface area contributed by atoms with Gasteiger partial charge in [-0.05, 0) is 24.3 Å². The molecule has 6 heteroatoms. The highest BCUT2D eigenvalue weighted by Gasteiger charge is 2.04. The second-order valence-electron chi connectivity index (χ2n) is 3.22. The summed E-state index contributed by atoms with van der Waals surface area (Å²) in [6, 6.07) is 5.12. The predicted molar refractivity (Wildman–Crippen MR) is 63.0 cm³/mol. The summed E-state index contributed by atoms with van der Waals surface area (Å²) in [5.74, 6) is -1.02. The number of aliphatic carboxylic acids is 1. The summed E-state index contributed by atoms with van der Waals surface area (Å²) >= 11 is 5.87. The van der Waals surface area contributed by atoms with Gasteiger partial charge in [0.05, 0.1) is 18.1 Å². The van der Waals surface area contributed by atoms with Crippen LogP contribution < -0.4 is 0 Å². The molecule has 2 rings (SSSR count). The Kier molecular flexibility index (Phi) is 3.20. The Hall–Kier alpha value is -2.14. The van der Waals surface area contributed by atoms with Gasteiger partial charge in [-0.3, -0.25) is 0 Å². The number of aromatic nitrogens is 3. The average Bonchev–Trinajstić information content (AvgIpc) is 2.80. The lowest BCUT2D eigenvalue weighted by Gasteiger charge is -2.05. The third kappa shape index (κ3) is 2.70. The van der Waals surface area contributed by atoms with Crippen molar-refractivity contribution in [1.29, 1.82) is 0 Å². The summed E-state index contributed by atoms with van der Waals surface area (Å²) < 4.78 is 1.54. The number of hydrogen-bond acceptors (Lipinski definition) is 3. The molecule has 17 heavy (non-hydrogen) atoms. The normalized spacial score (nSPS) is 10.9. The fraction of sp³-hybridized carbons (Fsp3) is 0. The van der Waals surface area contributed by atoms with E-state index in [-0.39, 0.29) is 0 Å². The van der Waals surface area contributed by atoms with Crippen LogP contribution in [0.15, 0.2) is 36.7 Å². The third-order valence-electron chi connectivity index (χ3n) is 2.06. The first-order valence-electron chi connectivity index (χ1n) is 4.74. The van der Waals surface area contributed by atoms with Crippen LogP contribution in [0.2, 0.25) is 5.02 Å². The lowest BCUT2D eigenvalue weighted by molar-refractivity contribution is -0.131. The van der Waals surface area contributed by atoms with Crippen LogP contribution in [0.5, 0.6) is 0 Å². The largest absolute Gasteiger partial charge is 0.478 e. The summed E-state index contributed by atoms with van der Waals surface area (Å²) in [7, 11) is 0. The Morgan fingerprint density at radius 2 is 2.29 bits per heavy atom. The molecule has 0 radical (unpaired) electrons. The Balaban J connectivity index is 2.48. The standard InChI is InChI=1S/C11H8ClN3O2/c12-9-2-3-10(15-6-5-13-14-15)8(7-9)1-4-11(16)17/h1-7H,(H,16,17)/b4-1+. The van der Waals surface area contributed by atoms with E-state index in [1.807, 2.05) is 0 Å². The highest BCUT2D eigenvalue weighted by Crippen LogP contribution is 2.20. The van der Waals surface area contributed by atoms with Crippen LogP contribution in [0.4, 0.5) is 0 Å². The van der Waals surface area contributed by atoms with Crippen LogP contribution in [-0.2, 0) is 4.79 Å². The van der Waals surface area contributed by atoms with E-state index >= 15 is 0 Å². The molecule has 1 heterocycles. The molecule has 5 nitrogen and oxygen atoms in total. The molecule has 0 aliphatic rings. The van der Waals surface area contributed by atoms with Crippen molar-refractivity contribution in [2.75, 3.05) is 0 Å². The zero-order chi connectivity index (χ0) is 12.3. The number of benzene rings is 1. The Bertz CT molecular complexity index is 564. The Morgan fingerprint density at radius 3 is 2.94 bits per heavy atom. The van der Waals surface area contributed by atoms with E-state index in [4.69, 9.17) is 16.7 Å². The fourth-order valence-electron chi connectivity index (χ4n) is 1.37. The topological polar surface area (TPSA) is 68.0 Å². The number of rotatable bonds is 3. The molecule has 0 saturated carbocycles. The first-order chi connectivity index (χ1) is 8.16. The van der Waals surface area contributed by atoms with E-state index < -0.39 is 5.97 Å². The molecule has 0 aliphatic heterocycles. The Morgan fingerprint density at radius 1 is 1.47 bits per heavy atom. The van der Waals surface area contributed by atoms with Gasteiger partial charge in [0.25, 0.3) is 0 Å². The quantitative estimate of drug-likeness (QED) is 0.845. The van der Waals surface area contributed by atoms with Gasteiger partial charge in [0.15, 0.2) is 0 Å². The smallest absolute Gasteiger partial charge is 0.328 e. The first kappa shape index (κ1) is 11.3. The lowest BCUT2D eigenvalue weighted by Crippen LogP contribution is -1.98. The van der Waals surface area contributed by atoms with E-state index in [0.29, 0.717) is 16.3 Å². The maximum Gasteiger partial charge on any atom is 0.328 e. The van der Waals surface area contributed by atoms with Crippen molar-refractivity contribution < 1.29 is 9.90 Å². The SMILES string of the molecule is O=C(O)/C=C/c1cc(Cl)ccc1-n1ccnn1. The minimum absolute atomic E-state index is 0.527. The zero-order valence-electron chi connectivity index (χ0n) is 8.62. The second-order valence-corrected chi connectivity index (χ2v) is 3.66. The van der Waals surface area contributed by atoms with E-state index in [0.717, 1.165) is 6.08 Å². The van der Waals surface area contributed by atoms with Crippen LogP contribution in [-0.4, -0.2) is 26.1 Å². The molecule has 86 valence electrons. The maximum absolute atomic E-state index is 10.5. The monoisotopic (exact) mass is 249 g/mol. The molecule has 0 spiro atoms. The first-order valence-corrected chi connectivity index (χ1v) is 5.12. The molecule has 0 saturated heterocycles. The molecule has 0 bridgehead atoms. The molecule has 0 fully saturated rings. The van der Waals surface area contributed by atoms with Gasteiger partial charge in [0.1, 0.15) is 0 Å². The van der Waals surface area contributed by atoms with Gasteiger partial charge in [-0.1, -0.05) is 16.8 Å². The number of carbonyl (C=O) groups is 1. The van der Waals surface area contributed by atoms with Gasteiger partial charge >= 0.3 is 5.97 Å². The van der Waals surface area contributed by atoms with Crippen molar-refractivity contribution >= 4 is 23.6 Å². The van der Waals surface area contributed by atoms with Crippen molar-refractivity contribution in [2.45, 2.75) is 0 Å². The summed E-state index contributed by atoms with van der Waals surface area (Å²) in [6.45, 7) is 0. The van der Waals surface area contributed by atoms with Gasteiger partial charge in [0.2, 0.25) is 0 Å². The summed E-state index contributed by atoms with van der Waals surface area (Å²) in [5, 5.41) is 16.7. The van der Waals surface area contributed by atoms with Crippen molar-refractivity contribution in [2.24, 2.45) is 0 Å². The molecule has 0 aliphatic carbocycles. The van der Waals surface area contributed by atoms with Crippen LogP contribution >= 0.6 is 11.6 Å². The highest BCUT2D eigenvalue weighted by molar-refractivity contribution is 6.30. The van der Waals surface area contributed by atoms with E-state index in [1.165, 1.54) is 10.8 Å². The van der Waals surface area contributed by atoms with E-state index in [2.05, 4.69) is 10.3 Å². The summed E-state index contributed by atoms with van der Waals surface area (Å²) in [4.78, 5) is 10.5. The van der Waals surface area contributed by atoms with Crippen molar-refractivity contribution in [3.63, 3.8) is 0 Å². The van der Waals surface area contributed by atoms with Crippen LogP contribution in [0.25, 0.3) is 11.8 Å². The van der Waals surface area contributed by atoms with Crippen molar-refractivity contribution in [3.05, 3.63) is 47.3 Å². The maximum atomic E-state index is 10.5. The number of halogens is 1. The molecule has 0 unspecified atom stereocenters. The van der Waals surface area contributed by atoms with Crippen LogP contribution in [0.3, 0.4) is 0 Å². The van der Waals surface area contributed by atoms with Crippen LogP contribution in [0, 0.1) is 0 Å². The van der Waals surface area contributed by atoms with Gasteiger partial charge in [0, 0.05) is 16.7 Å². The average molecular weight is 250 g/mol. The molecule has 0 amide bonds. The van der Waals surface area contributed by atoms with E-state index in [9.17, 15) is 4.79 Å². The minimum atomic E-state index is -1.02. The van der Waals surface area contributed by atoms with Crippen LogP contribution in [0.1, 0.15) is 5.56 Å². The number of carboxylic acids is 1. The molecule has 1 aromatic carbocycles. The third-order valence-corrected chi connectivity index (χ3v) is 2.30. The molecule has 2 aromatic rings.